The van der Waals surface area contributed by atoms with Gasteiger partial charge in [-0.2, -0.15) is 0 Å². The molecule has 0 spiro atoms. The lowest BCUT2D eigenvalue weighted by Crippen LogP contribution is -2.34. The number of benzene rings is 1. The van der Waals surface area contributed by atoms with Gasteiger partial charge < -0.3 is 15.1 Å². The van der Waals surface area contributed by atoms with Gasteiger partial charge in [-0.1, -0.05) is 6.07 Å². The first kappa shape index (κ1) is 13.9. The Labute approximate surface area is 101 Å². The van der Waals surface area contributed by atoms with Gasteiger partial charge in [-0.05, 0) is 32.9 Å². The van der Waals surface area contributed by atoms with Crippen molar-refractivity contribution >= 4 is 5.69 Å². The highest BCUT2D eigenvalue weighted by molar-refractivity contribution is 5.55. The van der Waals surface area contributed by atoms with Crippen LogP contribution in [-0.2, 0) is 0 Å². The molecule has 0 aliphatic heterocycles. The molecule has 4 heteroatoms. The lowest BCUT2D eigenvalue weighted by molar-refractivity contribution is 0.194. The first-order valence-corrected chi connectivity index (χ1v) is 5.83. The van der Waals surface area contributed by atoms with Crippen LogP contribution in [0, 0.1) is 5.82 Å². The summed E-state index contributed by atoms with van der Waals surface area (Å²) in [5, 5.41) is 18.7. The zero-order valence-corrected chi connectivity index (χ0v) is 10.5. The van der Waals surface area contributed by atoms with E-state index in [2.05, 4.69) is 0 Å². The van der Waals surface area contributed by atoms with Crippen LogP contribution >= 0.6 is 0 Å². The lowest BCUT2D eigenvalue weighted by Gasteiger charge is -2.31. The largest absolute Gasteiger partial charge is 0.395 e. The first-order valence-electron chi connectivity index (χ1n) is 5.83. The van der Waals surface area contributed by atoms with Crippen LogP contribution in [0.1, 0.15) is 32.4 Å². The van der Waals surface area contributed by atoms with Gasteiger partial charge in [0.1, 0.15) is 5.82 Å². The molecule has 0 aliphatic carbocycles. The zero-order chi connectivity index (χ0) is 13.0. The maximum absolute atomic E-state index is 13.7. The Morgan fingerprint density at radius 1 is 1.29 bits per heavy atom. The van der Waals surface area contributed by atoms with Crippen molar-refractivity contribution in [2.75, 3.05) is 18.1 Å². The van der Waals surface area contributed by atoms with Crippen molar-refractivity contribution in [2.24, 2.45) is 0 Å². The minimum absolute atomic E-state index is 0.00601. The number of hydrogen-bond acceptors (Lipinski definition) is 3. The Morgan fingerprint density at radius 2 is 1.94 bits per heavy atom. The Hall–Kier alpha value is -1.13. The summed E-state index contributed by atoms with van der Waals surface area (Å²) in [6.07, 6.45) is -0.869. The standard InChI is InChI=1S/C13H20FNO2/c1-9(2)15(7-8-16)12-6-4-5-11(14)13(12)10(3)17/h4-6,9-10,16-17H,7-8H2,1-3H3/t10-/m1/s1. The molecular formula is C13H20FNO2. The molecule has 1 atom stereocenters. The minimum Gasteiger partial charge on any atom is -0.395 e. The van der Waals surface area contributed by atoms with Gasteiger partial charge in [-0.3, -0.25) is 0 Å². The fraction of sp³-hybridized carbons (Fsp3) is 0.538. The third-order valence-corrected chi connectivity index (χ3v) is 2.72. The second-order valence-electron chi connectivity index (χ2n) is 4.36. The monoisotopic (exact) mass is 241 g/mol. The highest BCUT2D eigenvalue weighted by Gasteiger charge is 2.19. The third kappa shape index (κ3) is 3.17. The number of hydrogen-bond donors (Lipinski definition) is 2. The number of rotatable bonds is 5. The molecule has 0 fully saturated rings. The molecule has 0 saturated heterocycles. The highest BCUT2D eigenvalue weighted by atomic mass is 19.1. The average Bonchev–Trinajstić information content (AvgIpc) is 2.24. The van der Waals surface area contributed by atoms with E-state index in [1.807, 2.05) is 18.7 Å². The van der Waals surface area contributed by atoms with Gasteiger partial charge >= 0.3 is 0 Å². The van der Waals surface area contributed by atoms with E-state index in [0.29, 0.717) is 12.2 Å². The summed E-state index contributed by atoms with van der Waals surface area (Å²) in [5.41, 5.74) is 0.929. The van der Waals surface area contributed by atoms with E-state index in [9.17, 15) is 9.50 Å². The number of anilines is 1. The molecule has 2 N–H and O–H groups in total. The summed E-state index contributed by atoms with van der Waals surface area (Å²) in [6.45, 7) is 5.88. The van der Waals surface area contributed by atoms with E-state index in [1.54, 1.807) is 19.1 Å². The fourth-order valence-corrected chi connectivity index (χ4v) is 1.95. The predicted octanol–water partition coefficient (Wildman–Crippen LogP) is 2.09. The quantitative estimate of drug-likeness (QED) is 0.829. The molecule has 0 aromatic heterocycles. The third-order valence-electron chi connectivity index (χ3n) is 2.72. The number of nitrogens with zero attached hydrogens (tertiary/aromatic N) is 1. The molecule has 96 valence electrons. The topological polar surface area (TPSA) is 43.7 Å². The lowest BCUT2D eigenvalue weighted by atomic mass is 10.1. The molecule has 0 aliphatic rings. The van der Waals surface area contributed by atoms with Crippen LogP contribution in [-0.4, -0.2) is 29.4 Å². The average molecular weight is 241 g/mol. The van der Waals surface area contributed by atoms with Crippen molar-refractivity contribution in [3.63, 3.8) is 0 Å². The molecule has 1 aromatic rings. The van der Waals surface area contributed by atoms with Crippen LogP contribution in [0.25, 0.3) is 0 Å². The van der Waals surface area contributed by atoms with Gasteiger partial charge in [0, 0.05) is 23.8 Å². The Morgan fingerprint density at radius 3 is 2.41 bits per heavy atom. The summed E-state index contributed by atoms with van der Waals surface area (Å²) in [4.78, 5) is 1.88. The van der Waals surface area contributed by atoms with Crippen molar-refractivity contribution in [1.82, 2.24) is 0 Å². The predicted molar refractivity (Wildman–Crippen MR) is 66.6 cm³/mol. The van der Waals surface area contributed by atoms with Gasteiger partial charge in [0.15, 0.2) is 0 Å². The summed E-state index contributed by atoms with van der Waals surface area (Å²) < 4.78 is 13.7. The smallest absolute Gasteiger partial charge is 0.131 e. The maximum Gasteiger partial charge on any atom is 0.131 e. The van der Waals surface area contributed by atoms with Crippen molar-refractivity contribution in [2.45, 2.75) is 32.9 Å². The van der Waals surface area contributed by atoms with Gasteiger partial charge in [0.2, 0.25) is 0 Å². The number of aliphatic hydroxyl groups is 2. The van der Waals surface area contributed by atoms with Crippen molar-refractivity contribution in [3.05, 3.63) is 29.6 Å². The molecule has 0 unspecified atom stereocenters. The molecule has 0 radical (unpaired) electrons. The molecule has 3 nitrogen and oxygen atoms in total. The molecule has 0 saturated carbocycles. The molecule has 0 heterocycles. The van der Waals surface area contributed by atoms with E-state index in [-0.39, 0.29) is 18.2 Å². The first-order chi connectivity index (χ1) is 7.99. The summed E-state index contributed by atoms with van der Waals surface area (Å²) in [7, 11) is 0. The van der Waals surface area contributed by atoms with Crippen LogP contribution in [0.3, 0.4) is 0 Å². The summed E-state index contributed by atoms with van der Waals surface area (Å²) in [6, 6.07) is 4.84. The van der Waals surface area contributed by atoms with Crippen molar-refractivity contribution in [3.8, 4) is 0 Å². The van der Waals surface area contributed by atoms with Crippen LogP contribution in [0.15, 0.2) is 18.2 Å². The molecule has 17 heavy (non-hydrogen) atoms. The molecular weight excluding hydrogens is 221 g/mol. The zero-order valence-electron chi connectivity index (χ0n) is 10.5. The van der Waals surface area contributed by atoms with Gasteiger partial charge in [0.25, 0.3) is 0 Å². The van der Waals surface area contributed by atoms with E-state index < -0.39 is 11.9 Å². The Kier molecular flexibility index (Phi) is 4.90. The number of aliphatic hydroxyl groups excluding tert-OH is 2. The van der Waals surface area contributed by atoms with E-state index in [1.165, 1.54) is 6.07 Å². The number of halogens is 1. The molecule has 0 amide bonds. The van der Waals surface area contributed by atoms with Crippen molar-refractivity contribution < 1.29 is 14.6 Å². The highest BCUT2D eigenvalue weighted by Crippen LogP contribution is 2.29. The van der Waals surface area contributed by atoms with E-state index >= 15 is 0 Å². The van der Waals surface area contributed by atoms with Gasteiger partial charge in [-0.15, -0.1) is 0 Å². The van der Waals surface area contributed by atoms with Crippen LogP contribution < -0.4 is 4.90 Å². The normalized spacial score (nSPS) is 12.9. The molecule has 1 aromatic carbocycles. The van der Waals surface area contributed by atoms with Crippen LogP contribution in [0.4, 0.5) is 10.1 Å². The van der Waals surface area contributed by atoms with Crippen molar-refractivity contribution in [1.29, 1.82) is 0 Å². The molecule has 1 rings (SSSR count). The maximum atomic E-state index is 13.7. The second kappa shape index (κ2) is 5.98. The summed E-state index contributed by atoms with van der Waals surface area (Å²) in [5.74, 6) is -0.416. The SMILES string of the molecule is CC(C)N(CCO)c1cccc(F)c1[C@@H](C)O. The Balaban J connectivity index is 3.22. The minimum atomic E-state index is -0.869. The second-order valence-corrected chi connectivity index (χ2v) is 4.36. The van der Waals surface area contributed by atoms with Gasteiger partial charge in [-0.25, -0.2) is 4.39 Å². The fourth-order valence-electron chi connectivity index (χ4n) is 1.95. The van der Waals surface area contributed by atoms with E-state index in [4.69, 9.17) is 5.11 Å². The summed E-state index contributed by atoms with van der Waals surface area (Å²) >= 11 is 0. The van der Waals surface area contributed by atoms with Gasteiger partial charge in [0.05, 0.1) is 12.7 Å². The Bertz CT molecular complexity index is 366. The molecule has 0 bridgehead atoms. The van der Waals surface area contributed by atoms with Crippen LogP contribution in [0.5, 0.6) is 0 Å². The van der Waals surface area contributed by atoms with Crippen LogP contribution in [0.2, 0.25) is 0 Å². The van der Waals surface area contributed by atoms with E-state index in [0.717, 1.165) is 0 Å².